The van der Waals surface area contributed by atoms with Crippen LogP contribution in [0.4, 0.5) is 8.78 Å². The lowest BCUT2D eigenvalue weighted by Gasteiger charge is -2.42. The monoisotopic (exact) mass is 177 g/mol. The van der Waals surface area contributed by atoms with Crippen molar-refractivity contribution in [2.45, 2.75) is 31.0 Å². The summed E-state index contributed by atoms with van der Waals surface area (Å²) < 4.78 is 30.1. The highest BCUT2D eigenvalue weighted by Gasteiger charge is 2.47. The topological polar surface area (TPSA) is 12.5 Å². The Balaban J connectivity index is 1.64. The van der Waals surface area contributed by atoms with Crippen LogP contribution < -0.4 is 0 Å². The number of likely N-dealkylation sites (tertiary alicyclic amines) is 1. The van der Waals surface area contributed by atoms with Crippen LogP contribution in [0.25, 0.3) is 0 Å². The number of ether oxygens (including phenoxy) is 1. The first-order chi connectivity index (χ1) is 5.55. The predicted molar refractivity (Wildman–Crippen MR) is 40.3 cm³/mol. The standard InChI is InChI=1S/C8H13F2NO/c1-11-4-7(5-11)12-6-2-8(9,10)3-6/h6-7H,2-5H2,1H3. The van der Waals surface area contributed by atoms with E-state index in [4.69, 9.17) is 4.74 Å². The second-order valence-corrected chi connectivity index (χ2v) is 3.87. The molecular weight excluding hydrogens is 164 g/mol. The molecule has 0 aromatic rings. The van der Waals surface area contributed by atoms with Crippen molar-refractivity contribution in [1.29, 1.82) is 0 Å². The van der Waals surface area contributed by atoms with Crippen molar-refractivity contribution in [2.24, 2.45) is 0 Å². The zero-order valence-electron chi connectivity index (χ0n) is 7.09. The van der Waals surface area contributed by atoms with Crippen LogP contribution in [0.1, 0.15) is 12.8 Å². The molecular formula is C8H13F2NO. The summed E-state index contributed by atoms with van der Waals surface area (Å²) in [5.74, 6) is -2.44. The molecule has 0 aromatic carbocycles. The van der Waals surface area contributed by atoms with Gasteiger partial charge in [-0.3, -0.25) is 0 Å². The summed E-state index contributed by atoms with van der Waals surface area (Å²) in [6, 6.07) is 0. The van der Waals surface area contributed by atoms with Gasteiger partial charge in [-0.05, 0) is 7.05 Å². The van der Waals surface area contributed by atoms with Gasteiger partial charge in [-0.1, -0.05) is 0 Å². The van der Waals surface area contributed by atoms with Crippen LogP contribution in [-0.4, -0.2) is 43.2 Å². The van der Waals surface area contributed by atoms with Crippen molar-refractivity contribution in [2.75, 3.05) is 20.1 Å². The van der Waals surface area contributed by atoms with E-state index in [1.54, 1.807) is 0 Å². The summed E-state index contributed by atoms with van der Waals surface area (Å²) in [7, 11) is 2.00. The Hall–Kier alpha value is -0.220. The number of halogens is 2. The fraction of sp³-hybridized carbons (Fsp3) is 1.00. The molecule has 1 aliphatic carbocycles. The molecule has 2 nitrogen and oxygen atoms in total. The lowest BCUT2D eigenvalue weighted by atomic mass is 9.90. The number of nitrogens with zero attached hydrogens (tertiary/aromatic N) is 1. The number of rotatable bonds is 2. The lowest BCUT2D eigenvalue weighted by Crippen LogP contribution is -2.54. The number of hydrogen-bond acceptors (Lipinski definition) is 2. The average Bonchev–Trinajstić information content (AvgIpc) is 1.80. The van der Waals surface area contributed by atoms with Gasteiger partial charge in [0.15, 0.2) is 0 Å². The van der Waals surface area contributed by atoms with Crippen molar-refractivity contribution in [3.63, 3.8) is 0 Å². The number of alkyl halides is 2. The van der Waals surface area contributed by atoms with E-state index >= 15 is 0 Å². The van der Waals surface area contributed by atoms with Crippen LogP contribution in [0.3, 0.4) is 0 Å². The molecule has 12 heavy (non-hydrogen) atoms. The summed E-state index contributed by atoms with van der Waals surface area (Å²) >= 11 is 0. The molecule has 0 aromatic heterocycles. The predicted octanol–water partition coefficient (Wildman–Crippen LogP) is 1.11. The normalized spacial score (nSPS) is 31.2. The Kier molecular flexibility index (Phi) is 1.84. The molecule has 0 amide bonds. The lowest BCUT2D eigenvalue weighted by molar-refractivity contribution is -0.199. The van der Waals surface area contributed by atoms with E-state index in [0.717, 1.165) is 13.1 Å². The molecule has 0 bridgehead atoms. The molecule has 1 saturated heterocycles. The van der Waals surface area contributed by atoms with Gasteiger partial charge in [0.1, 0.15) is 0 Å². The van der Waals surface area contributed by atoms with Crippen molar-refractivity contribution in [3.05, 3.63) is 0 Å². The van der Waals surface area contributed by atoms with E-state index in [0.29, 0.717) is 0 Å². The minimum atomic E-state index is -2.44. The highest BCUT2D eigenvalue weighted by Crippen LogP contribution is 2.40. The number of hydrogen-bond donors (Lipinski definition) is 0. The van der Waals surface area contributed by atoms with Crippen molar-refractivity contribution in [3.8, 4) is 0 Å². The van der Waals surface area contributed by atoms with Crippen LogP contribution in [-0.2, 0) is 4.74 Å². The molecule has 0 unspecified atom stereocenters. The Bertz CT molecular complexity index is 172. The van der Waals surface area contributed by atoms with E-state index in [-0.39, 0.29) is 25.0 Å². The van der Waals surface area contributed by atoms with Crippen LogP contribution in [0.15, 0.2) is 0 Å². The summed E-state index contributed by atoms with van der Waals surface area (Å²) in [5, 5.41) is 0. The molecule has 0 spiro atoms. The Labute approximate surface area is 70.5 Å². The van der Waals surface area contributed by atoms with Gasteiger partial charge in [-0.25, -0.2) is 8.78 Å². The van der Waals surface area contributed by atoms with E-state index in [1.807, 2.05) is 7.05 Å². The molecule has 0 N–H and O–H groups in total. The van der Waals surface area contributed by atoms with Gasteiger partial charge in [-0.2, -0.15) is 0 Å². The molecule has 1 heterocycles. The van der Waals surface area contributed by atoms with Crippen molar-refractivity contribution >= 4 is 0 Å². The molecule has 2 aliphatic rings. The maximum absolute atomic E-state index is 12.3. The van der Waals surface area contributed by atoms with E-state index in [9.17, 15) is 8.78 Å². The smallest absolute Gasteiger partial charge is 0.253 e. The first kappa shape index (κ1) is 8.38. The Morgan fingerprint density at radius 3 is 2.25 bits per heavy atom. The minimum absolute atomic E-state index is 0.0762. The van der Waals surface area contributed by atoms with E-state index in [2.05, 4.69) is 4.90 Å². The third-order valence-corrected chi connectivity index (χ3v) is 2.47. The second-order valence-electron chi connectivity index (χ2n) is 3.87. The summed E-state index contributed by atoms with van der Waals surface area (Å²) in [6.45, 7) is 1.78. The zero-order valence-corrected chi connectivity index (χ0v) is 7.09. The highest BCUT2D eigenvalue weighted by molar-refractivity contribution is 4.89. The molecule has 1 saturated carbocycles. The highest BCUT2D eigenvalue weighted by atomic mass is 19.3. The molecule has 0 radical (unpaired) electrons. The fourth-order valence-corrected chi connectivity index (χ4v) is 1.70. The first-order valence-electron chi connectivity index (χ1n) is 4.27. The van der Waals surface area contributed by atoms with Crippen molar-refractivity contribution < 1.29 is 13.5 Å². The van der Waals surface area contributed by atoms with Gasteiger partial charge in [0.25, 0.3) is 5.92 Å². The largest absolute Gasteiger partial charge is 0.372 e. The quantitative estimate of drug-likeness (QED) is 0.626. The second kappa shape index (κ2) is 2.64. The van der Waals surface area contributed by atoms with Crippen LogP contribution in [0, 0.1) is 0 Å². The van der Waals surface area contributed by atoms with Crippen molar-refractivity contribution in [1.82, 2.24) is 4.90 Å². The van der Waals surface area contributed by atoms with Gasteiger partial charge in [0.05, 0.1) is 12.2 Å². The molecule has 4 heteroatoms. The SMILES string of the molecule is CN1CC(OC2CC(F)(F)C2)C1. The third kappa shape index (κ3) is 1.59. The Morgan fingerprint density at radius 1 is 1.25 bits per heavy atom. The third-order valence-electron chi connectivity index (χ3n) is 2.47. The van der Waals surface area contributed by atoms with Gasteiger partial charge in [0, 0.05) is 25.9 Å². The van der Waals surface area contributed by atoms with E-state index < -0.39 is 5.92 Å². The van der Waals surface area contributed by atoms with Crippen LogP contribution in [0.2, 0.25) is 0 Å². The van der Waals surface area contributed by atoms with Crippen LogP contribution >= 0.6 is 0 Å². The minimum Gasteiger partial charge on any atom is -0.372 e. The van der Waals surface area contributed by atoms with E-state index in [1.165, 1.54) is 0 Å². The number of likely N-dealkylation sites (N-methyl/N-ethyl adjacent to an activating group) is 1. The summed E-state index contributed by atoms with van der Waals surface area (Å²) in [5.41, 5.74) is 0. The maximum atomic E-state index is 12.3. The molecule has 2 fully saturated rings. The zero-order chi connectivity index (χ0) is 8.77. The van der Waals surface area contributed by atoms with Gasteiger partial charge < -0.3 is 9.64 Å². The Morgan fingerprint density at radius 2 is 1.83 bits per heavy atom. The summed E-state index contributed by atoms with van der Waals surface area (Å²) in [6.07, 6.45) is -0.129. The van der Waals surface area contributed by atoms with Gasteiger partial charge in [-0.15, -0.1) is 0 Å². The first-order valence-corrected chi connectivity index (χ1v) is 4.27. The summed E-state index contributed by atoms with van der Waals surface area (Å²) in [4.78, 5) is 2.11. The molecule has 1 aliphatic heterocycles. The van der Waals surface area contributed by atoms with Gasteiger partial charge in [0.2, 0.25) is 0 Å². The van der Waals surface area contributed by atoms with Crippen LogP contribution in [0.5, 0.6) is 0 Å². The average molecular weight is 177 g/mol. The van der Waals surface area contributed by atoms with Gasteiger partial charge >= 0.3 is 0 Å². The molecule has 0 atom stereocenters. The fourth-order valence-electron chi connectivity index (χ4n) is 1.70. The maximum Gasteiger partial charge on any atom is 0.253 e. The molecule has 70 valence electrons. The molecule has 2 rings (SSSR count).